The number of rotatable bonds is 2. The van der Waals surface area contributed by atoms with E-state index in [1.165, 1.54) is 18.2 Å². The number of aromatic nitrogens is 2. The molecule has 0 amide bonds. The number of benzene rings is 1. The van der Waals surface area contributed by atoms with Crippen molar-refractivity contribution in [2.75, 3.05) is 11.1 Å². The molecular formula is C14H15BrF2N4. The zero-order valence-electron chi connectivity index (χ0n) is 11.8. The molecule has 1 aromatic heterocycles. The van der Waals surface area contributed by atoms with E-state index in [4.69, 9.17) is 5.73 Å². The lowest BCUT2D eigenvalue weighted by atomic mass is 9.96. The Morgan fingerprint density at radius 3 is 2.19 bits per heavy atom. The molecule has 0 saturated heterocycles. The molecule has 21 heavy (non-hydrogen) atoms. The molecule has 0 atom stereocenters. The summed E-state index contributed by atoms with van der Waals surface area (Å²) in [4.78, 5) is 8.39. The molecule has 1 aromatic carbocycles. The summed E-state index contributed by atoms with van der Waals surface area (Å²) in [5, 5.41) is 2.62. The van der Waals surface area contributed by atoms with Crippen LogP contribution >= 0.6 is 15.9 Å². The lowest BCUT2D eigenvalue weighted by Gasteiger charge is -2.18. The average Bonchev–Trinajstić information content (AvgIpc) is 2.32. The molecule has 2 rings (SSSR count). The van der Waals surface area contributed by atoms with Crippen LogP contribution in [0.25, 0.3) is 0 Å². The van der Waals surface area contributed by atoms with Crippen molar-refractivity contribution in [3.05, 3.63) is 40.1 Å². The van der Waals surface area contributed by atoms with Crippen molar-refractivity contribution in [3.8, 4) is 0 Å². The van der Waals surface area contributed by atoms with Gasteiger partial charge in [0, 0.05) is 16.0 Å². The van der Waals surface area contributed by atoms with E-state index in [1.807, 2.05) is 20.8 Å². The van der Waals surface area contributed by atoms with E-state index < -0.39 is 11.6 Å². The van der Waals surface area contributed by atoms with Gasteiger partial charge in [-0.3, -0.25) is 0 Å². The minimum atomic E-state index is -0.726. The van der Waals surface area contributed by atoms with Crippen molar-refractivity contribution < 1.29 is 8.78 Å². The van der Waals surface area contributed by atoms with Gasteiger partial charge in [-0.15, -0.1) is 0 Å². The van der Waals surface area contributed by atoms with Gasteiger partial charge in [0.05, 0.1) is 0 Å². The molecule has 0 aliphatic rings. The van der Waals surface area contributed by atoms with Crippen LogP contribution in [0.3, 0.4) is 0 Å². The first-order chi connectivity index (χ1) is 9.66. The summed E-state index contributed by atoms with van der Waals surface area (Å²) in [6.45, 7) is 5.77. The Morgan fingerprint density at radius 1 is 1.10 bits per heavy atom. The topological polar surface area (TPSA) is 63.8 Å². The van der Waals surface area contributed by atoms with Crippen LogP contribution in [0.15, 0.2) is 22.7 Å². The van der Waals surface area contributed by atoms with Crippen molar-refractivity contribution >= 4 is 33.3 Å². The van der Waals surface area contributed by atoms with Gasteiger partial charge in [0.2, 0.25) is 0 Å². The minimum absolute atomic E-state index is 0.232. The molecule has 0 fully saturated rings. The number of hydrogen-bond donors (Lipinski definition) is 2. The van der Waals surface area contributed by atoms with Crippen LogP contribution in [0.2, 0.25) is 0 Å². The summed E-state index contributed by atoms with van der Waals surface area (Å²) in [6.07, 6.45) is 0. The van der Waals surface area contributed by atoms with Crippen molar-refractivity contribution in [2.45, 2.75) is 26.2 Å². The molecule has 0 aliphatic carbocycles. The molecule has 0 bridgehead atoms. The normalized spacial score (nSPS) is 11.5. The van der Waals surface area contributed by atoms with Gasteiger partial charge in [-0.25, -0.2) is 18.7 Å². The van der Waals surface area contributed by atoms with Crippen LogP contribution in [-0.2, 0) is 5.41 Å². The average molecular weight is 357 g/mol. The maximum absolute atomic E-state index is 13.8. The van der Waals surface area contributed by atoms with Crippen molar-refractivity contribution in [1.82, 2.24) is 9.97 Å². The Hall–Kier alpha value is -1.76. The molecule has 0 unspecified atom stereocenters. The van der Waals surface area contributed by atoms with Gasteiger partial charge in [0.1, 0.15) is 23.1 Å². The van der Waals surface area contributed by atoms with Gasteiger partial charge >= 0.3 is 0 Å². The van der Waals surface area contributed by atoms with E-state index in [9.17, 15) is 8.78 Å². The van der Waals surface area contributed by atoms with Crippen LogP contribution in [0.5, 0.6) is 0 Å². The summed E-state index contributed by atoms with van der Waals surface area (Å²) in [6, 6.07) is 3.76. The summed E-state index contributed by atoms with van der Waals surface area (Å²) in [5.74, 6) is -0.487. The molecular weight excluding hydrogens is 342 g/mol. The van der Waals surface area contributed by atoms with Gasteiger partial charge in [-0.05, 0) is 12.1 Å². The Balaban J connectivity index is 2.43. The molecule has 0 radical (unpaired) electrons. The first-order valence-electron chi connectivity index (χ1n) is 6.23. The third kappa shape index (κ3) is 3.66. The third-order valence-corrected chi connectivity index (χ3v) is 3.13. The van der Waals surface area contributed by atoms with Gasteiger partial charge in [0.25, 0.3) is 0 Å². The highest BCUT2D eigenvalue weighted by Gasteiger charge is 2.19. The number of nitrogens with zero attached hydrogens (tertiary/aromatic N) is 2. The summed E-state index contributed by atoms with van der Waals surface area (Å²) in [5.41, 5.74) is 5.11. The molecule has 0 saturated carbocycles. The predicted molar refractivity (Wildman–Crippen MR) is 82.5 cm³/mol. The van der Waals surface area contributed by atoms with Crippen LogP contribution < -0.4 is 11.1 Å². The number of nitrogens with two attached hydrogens (primary N) is 1. The van der Waals surface area contributed by atoms with E-state index in [0.29, 0.717) is 10.3 Å². The highest BCUT2D eigenvalue weighted by Crippen LogP contribution is 2.28. The summed E-state index contributed by atoms with van der Waals surface area (Å²) < 4.78 is 28.0. The molecule has 4 nitrogen and oxygen atoms in total. The maximum atomic E-state index is 13.8. The monoisotopic (exact) mass is 356 g/mol. The number of hydrogen-bond acceptors (Lipinski definition) is 4. The Morgan fingerprint density at radius 2 is 1.67 bits per heavy atom. The molecule has 1 heterocycles. The van der Waals surface area contributed by atoms with Gasteiger partial charge < -0.3 is 11.1 Å². The summed E-state index contributed by atoms with van der Waals surface area (Å²) in [7, 11) is 0. The van der Waals surface area contributed by atoms with E-state index >= 15 is 0 Å². The minimum Gasteiger partial charge on any atom is -0.384 e. The van der Waals surface area contributed by atoms with E-state index in [1.54, 1.807) is 0 Å². The van der Waals surface area contributed by atoms with E-state index in [2.05, 4.69) is 31.2 Å². The largest absolute Gasteiger partial charge is 0.384 e. The number of nitrogen functional groups attached to an aromatic ring is 1. The van der Waals surface area contributed by atoms with E-state index in [0.717, 1.165) is 0 Å². The predicted octanol–water partition coefficient (Wildman–Crippen LogP) is 4.14. The van der Waals surface area contributed by atoms with Gasteiger partial charge in [-0.1, -0.05) is 36.7 Å². The first-order valence-corrected chi connectivity index (χ1v) is 7.03. The van der Waals surface area contributed by atoms with Gasteiger partial charge in [-0.2, -0.15) is 0 Å². The lowest BCUT2D eigenvalue weighted by molar-refractivity contribution is 0.547. The smallest absolute Gasteiger partial charge is 0.150 e. The summed E-state index contributed by atoms with van der Waals surface area (Å²) >= 11 is 3.03. The second kappa shape index (κ2) is 5.55. The van der Waals surface area contributed by atoms with Crippen LogP contribution in [0.4, 0.5) is 26.1 Å². The van der Waals surface area contributed by atoms with Crippen LogP contribution in [0, 0.1) is 11.6 Å². The fourth-order valence-corrected chi connectivity index (χ4v) is 2.06. The van der Waals surface area contributed by atoms with Crippen molar-refractivity contribution in [2.24, 2.45) is 0 Å². The Kier molecular flexibility index (Phi) is 4.13. The zero-order valence-corrected chi connectivity index (χ0v) is 13.4. The second-order valence-electron chi connectivity index (χ2n) is 5.62. The SMILES string of the molecule is CC(C)(C)c1nc(N)cc(Nc2c(F)cc(Br)cc2F)n1. The maximum Gasteiger partial charge on any atom is 0.150 e. The van der Waals surface area contributed by atoms with Crippen LogP contribution in [-0.4, -0.2) is 9.97 Å². The first kappa shape index (κ1) is 15.6. The standard InChI is InChI=1S/C14H15BrF2N4/c1-14(2,3)13-19-10(18)6-11(21-13)20-12-8(16)4-7(15)5-9(12)17/h4-6H,1-3H3,(H3,18,19,20,21). The van der Waals surface area contributed by atoms with Gasteiger partial charge in [0.15, 0.2) is 11.6 Å². The molecule has 3 N–H and O–H groups in total. The fourth-order valence-electron chi connectivity index (χ4n) is 1.66. The molecule has 112 valence electrons. The Bertz CT molecular complexity index is 660. The second-order valence-corrected chi connectivity index (χ2v) is 6.54. The third-order valence-electron chi connectivity index (χ3n) is 2.68. The fraction of sp³-hybridized carbons (Fsp3) is 0.286. The Labute approximate surface area is 129 Å². The van der Waals surface area contributed by atoms with Crippen molar-refractivity contribution in [1.29, 1.82) is 0 Å². The molecule has 2 aromatic rings. The van der Waals surface area contributed by atoms with Crippen LogP contribution in [0.1, 0.15) is 26.6 Å². The lowest BCUT2D eigenvalue weighted by Crippen LogP contribution is -2.18. The highest BCUT2D eigenvalue weighted by atomic mass is 79.9. The van der Waals surface area contributed by atoms with E-state index in [-0.39, 0.29) is 22.7 Å². The molecule has 7 heteroatoms. The molecule has 0 spiro atoms. The number of anilines is 3. The molecule has 0 aliphatic heterocycles. The number of halogens is 3. The quantitative estimate of drug-likeness (QED) is 0.848. The zero-order chi connectivity index (χ0) is 15.8. The van der Waals surface area contributed by atoms with Crippen molar-refractivity contribution in [3.63, 3.8) is 0 Å². The highest BCUT2D eigenvalue weighted by molar-refractivity contribution is 9.10. The number of nitrogens with one attached hydrogen (secondary N) is 1.